The Morgan fingerprint density at radius 2 is 1.78 bits per heavy atom. The van der Waals surface area contributed by atoms with Gasteiger partial charge in [0.25, 0.3) is 0 Å². The summed E-state index contributed by atoms with van der Waals surface area (Å²) in [5.41, 5.74) is 1.13. The highest BCUT2D eigenvalue weighted by atomic mass is 79.9. The lowest BCUT2D eigenvalue weighted by atomic mass is 10.1. The van der Waals surface area contributed by atoms with Gasteiger partial charge in [0.1, 0.15) is 0 Å². The monoisotopic (exact) mass is 392 g/mol. The van der Waals surface area contributed by atoms with E-state index in [9.17, 15) is 4.79 Å². The van der Waals surface area contributed by atoms with Crippen LogP contribution in [0, 0.1) is 0 Å². The average Bonchev–Trinajstić information content (AvgIpc) is 2.54. The van der Waals surface area contributed by atoms with E-state index in [4.69, 9.17) is 0 Å². The summed E-state index contributed by atoms with van der Waals surface area (Å²) in [7, 11) is 4.03. The molecule has 2 aromatic carbocycles. The van der Waals surface area contributed by atoms with Crippen LogP contribution in [-0.4, -0.2) is 37.2 Å². The number of nitrogens with zero attached hydrogens (tertiary/aromatic N) is 1. The number of benzene rings is 2. The number of nitrogens with one attached hydrogen (secondary N) is 1. The molecule has 0 aliphatic rings. The molecule has 0 unspecified atom stereocenters. The van der Waals surface area contributed by atoms with Gasteiger partial charge in [-0.15, -0.1) is 11.8 Å². The number of carbonyl (C=O) groups excluding carboxylic acids is 1. The molecule has 0 spiro atoms. The predicted molar refractivity (Wildman–Crippen MR) is 101 cm³/mol. The van der Waals surface area contributed by atoms with E-state index in [0.717, 1.165) is 21.5 Å². The van der Waals surface area contributed by atoms with Crippen molar-refractivity contribution in [1.82, 2.24) is 10.2 Å². The molecule has 1 amide bonds. The molecule has 0 saturated carbocycles. The molecule has 2 rings (SSSR count). The van der Waals surface area contributed by atoms with Crippen LogP contribution in [0.15, 0.2) is 64.0 Å². The lowest BCUT2D eigenvalue weighted by molar-refractivity contribution is -0.119. The molecule has 2 aromatic rings. The third-order valence-electron chi connectivity index (χ3n) is 3.27. The first-order valence-corrected chi connectivity index (χ1v) is 9.20. The lowest BCUT2D eigenvalue weighted by Gasteiger charge is -2.22. The van der Waals surface area contributed by atoms with E-state index in [1.165, 1.54) is 0 Å². The van der Waals surface area contributed by atoms with Crippen molar-refractivity contribution < 1.29 is 4.79 Å². The molecule has 0 saturated heterocycles. The molecule has 0 radical (unpaired) electrons. The predicted octanol–water partition coefficient (Wildman–Crippen LogP) is 3.96. The second-order valence-electron chi connectivity index (χ2n) is 5.54. The molecule has 3 nitrogen and oxygen atoms in total. The van der Waals surface area contributed by atoms with Crippen molar-refractivity contribution in [2.45, 2.75) is 10.9 Å². The number of amides is 1. The Labute approximate surface area is 150 Å². The molecule has 0 bridgehead atoms. The molecule has 23 heavy (non-hydrogen) atoms. The zero-order valence-corrected chi connectivity index (χ0v) is 15.7. The maximum Gasteiger partial charge on any atom is 0.230 e. The number of rotatable bonds is 7. The minimum Gasteiger partial charge on any atom is -0.347 e. The highest BCUT2D eigenvalue weighted by Crippen LogP contribution is 2.21. The molecule has 1 N–H and O–H groups in total. The fourth-order valence-electron chi connectivity index (χ4n) is 2.20. The van der Waals surface area contributed by atoms with Gasteiger partial charge in [-0.2, -0.15) is 0 Å². The molecule has 1 atom stereocenters. The van der Waals surface area contributed by atoms with Crippen LogP contribution in [0.5, 0.6) is 0 Å². The Hall–Kier alpha value is -1.30. The molecule has 0 aromatic heterocycles. The number of carbonyl (C=O) groups is 1. The van der Waals surface area contributed by atoms with Crippen LogP contribution in [0.3, 0.4) is 0 Å². The first-order valence-electron chi connectivity index (χ1n) is 7.42. The minimum absolute atomic E-state index is 0.00391. The highest BCUT2D eigenvalue weighted by Gasteiger charge is 2.15. The van der Waals surface area contributed by atoms with Crippen LogP contribution in [0.25, 0.3) is 0 Å². The van der Waals surface area contributed by atoms with Gasteiger partial charge < -0.3 is 10.2 Å². The van der Waals surface area contributed by atoms with Gasteiger partial charge in [0.2, 0.25) is 5.91 Å². The van der Waals surface area contributed by atoms with Crippen molar-refractivity contribution in [1.29, 1.82) is 0 Å². The number of halogens is 1. The first-order chi connectivity index (χ1) is 11.0. The van der Waals surface area contributed by atoms with Crippen molar-refractivity contribution in [2.24, 2.45) is 0 Å². The Morgan fingerprint density at radius 3 is 2.39 bits per heavy atom. The van der Waals surface area contributed by atoms with Crippen LogP contribution >= 0.6 is 27.7 Å². The zero-order valence-electron chi connectivity index (χ0n) is 13.3. The fourth-order valence-corrected chi connectivity index (χ4v) is 3.17. The SMILES string of the molecule is CN(C)C[C@H](NC(=O)CSc1ccc(Br)cc1)c1ccccc1. The Kier molecular flexibility index (Phi) is 7.15. The molecule has 122 valence electrons. The summed E-state index contributed by atoms with van der Waals surface area (Å²) < 4.78 is 1.04. The number of hydrogen-bond acceptors (Lipinski definition) is 3. The van der Waals surface area contributed by atoms with Crippen molar-refractivity contribution in [2.75, 3.05) is 26.4 Å². The summed E-state index contributed by atoms with van der Waals surface area (Å²) >= 11 is 4.96. The normalized spacial score (nSPS) is 12.2. The van der Waals surface area contributed by atoms with Crippen LogP contribution in [0.4, 0.5) is 0 Å². The third kappa shape index (κ3) is 6.37. The van der Waals surface area contributed by atoms with Gasteiger partial charge in [-0.25, -0.2) is 0 Å². The van der Waals surface area contributed by atoms with E-state index in [2.05, 4.69) is 38.3 Å². The summed E-state index contributed by atoms with van der Waals surface area (Å²) in [6, 6.07) is 18.1. The summed E-state index contributed by atoms with van der Waals surface area (Å²) in [5, 5.41) is 3.14. The van der Waals surface area contributed by atoms with E-state index in [-0.39, 0.29) is 11.9 Å². The Morgan fingerprint density at radius 1 is 1.13 bits per heavy atom. The molecular weight excluding hydrogens is 372 g/mol. The Balaban J connectivity index is 1.93. The summed E-state index contributed by atoms with van der Waals surface area (Å²) in [4.78, 5) is 15.5. The molecule has 0 heterocycles. The number of thioether (sulfide) groups is 1. The Bertz CT molecular complexity index is 617. The van der Waals surface area contributed by atoms with E-state index in [1.54, 1.807) is 11.8 Å². The molecular formula is C18H21BrN2OS. The fraction of sp³-hybridized carbons (Fsp3) is 0.278. The van der Waals surface area contributed by atoms with Gasteiger partial charge >= 0.3 is 0 Å². The van der Waals surface area contributed by atoms with E-state index < -0.39 is 0 Å². The second-order valence-corrected chi connectivity index (χ2v) is 7.50. The second kappa shape index (κ2) is 9.11. The lowest BCUT2D eigenvalue weighted by Crippen LogP contribution is -2.36. The van der Waals surface area contributed by atoms with Crippen LogP contribution in [0.2, 0.25) is 0 Å². The standard InChI is InChI=1S/C18H21BrN2OS/c1-21(2)12-17(14-6-4-3-5-7-14)20-18(22)13-23-16-10-8-15(19)9-11-16/h3-11,17H,12-13H2,1-2H3,(H,20,22)/t17-/m0/s1. The summed E-state index contributed by atoms with van der Waals surface area (Å²) in [6.45, 7) is 0.776. The third-order valence-corrected chi connectivity index (χ3v) is 4.81. The maximum absolute atomic E-state index is 12.3. The van der Waals surface area contributed by atoms with E-state index >= 15 is 0 Å². The van der Waals surface area contributed by atoms with Crippen molar-refractivity contribution in [3.63, 3.8) is 0 Å². The smallest absolute Gasteiger partial charge is 0.230 e. The van der Waals surface area contributed by atoms with Gasteiger partial charge in [-0.05, 0) is 43.9 Å². The number of hydrogen-bond donors (Lipinski definition) is 1. The van der Waals surface area contributed by atoms with Gasteiger partial charge in [-0.3, -0.25) is 4.79 Å². The average molecular weight is 393 g/mol. The van der Waals surface area contributed by atoms with Crippen LogP contribution in [-0.2, 0) is 4.79 Å². The maximum atomic E-state index is 12.3. The van der Waals surface area contributed by atoms with Gasteiger partial charge in [0.05, 0.1) is 11.8 Å². The quantitative estimate of drug-likeness (QED) is 0.723. The van der Waals surface area contributed by atoms with Gasteiger partial charge in [0, 0.05) is 15.9 Å². The first kappa shape index (κ1) is 18.0. The van der Waals surface area contributed by atoms with Gasteiger partial charge in [-0.1, -0.05) is 46.3 Å². The highest BCUT2D eigenvalue weighted by molar-refractivity contribution is 9.10. The molecule has 5 heteroatoms. The van der Waals surface area contributed by atoms with E-state index in [0.29, 0.717) is 5.75 Å². The topological polar surface area (TPSA) is 32.3 Å². The van der Waals surface area contributed by atoms with Crippen LogP contribution in [0.1, 0.15) is 11.6 Å². The summed E-state index contributed by atoms with van der Waals surface area (Å²) in [5.74, 6) is 0.465. The van der Waals surface area contributed by atoms with Crippen molar-refractivity contribution >= 4 is 33.6 Å². The van der Waals surface area contributed by atoms with Crippen LogP contribution < -0.4 is 5.32 Å². The van der Waals surface area contributed by atoms with E-state index in [1.807, 2.05) is 56.6 Å². The molecule has 0 fully saturated rings. The molecule has 0 aliphatic heterocycles. The number of likely N-dealkylation sites (N-methyl/N-ethyl adjacent to an activating group) is 1. The minimum atomic E-state index is 0.00391. The largest absolute Gasteiger partial charge is 0.347 e. The summed E-state index contributed by atoms with van der Waals surface area (Å²) in [6.07, 6.45) is 0. The van der Waals surface area contributed by atoms with Crippen molar-refractivity contribution in [3.05, 3.63) is 64.6 Å². The molecule has 0 aliphatic carbocycles. The van der Waals surface area contributed by atoms with Gasteiger partial charge in [0.15, 0.2) is 0 Å². The van der Waals surface area contributed by atoms with Crippen molar-refractivity contribution in [3.8, 4) is 0 Å². The zero-order chi connectivity index (χ0) is 16.7.